The van der Waals surface area contributed by atoms with Crippen LogP contribution in [0, 0.1) is 0 Å². The van der Waals surface area contributed by atoms with Crippen molar-refractivity contribution in [1.82, 2.24) is 0 Å². The molecule has 0 N–H and O–H groups in total. The summed E-state index contributed by atoms with van der Waals surface area (Å²) in [5.41, 5.74) is 0. The van der Waals surface area contributed by atoms with E-state index in [9.17, 15) is 9.59 Å². The molecule has 0 radical (unpaired) electrons. The average molecular weight is 900 g/mol. The van der Waals surface area contributed by atoms with Gasteiger partial charge < -0.3 is 0 Å². The molecule has 0 aromatic heterocycles. The van der Waals surface area contributed by atoms with Crippen LogP contribution in [0.15, 0.2) is 72.9 Å². The van der Waals surface area contributed by atoms with Crippen molar-refractivity contribution in [2.24, 2.45) is 0 Å². The Morgan fingerprint density at radius 2 is 0.649 bits per heavy atom. The third-order valence-corrected chi connectivity index (χ3v) is 20.3. The molecule has 0 saturated heterocycles. The zero-order valence-corrected chi connectivity index (χ0v) is 41.0. The summed E-state index contributed by atoms with van der Waals surface area (Å²) in [5, 5.41) is 0. The van der Waals surface area contributed by atoms with E-state index in [1.165, 1.54) is 77.0 Å². The zero-order chi connectivity index (χ0) is 41.6. The maximum atomic E-state index is 13.4. The number of rotatable bonds is 42. The quantitative estimate of drug-likeness (QED) is 0.0348. The minimum atomic E-state index is -3.97. The molecule has 0 aromatic rings. The fourth-order valence-electron chi connectivity index (χ4n) is 6.99. The molecule has 0 fully saturated rings. The predicted octanol–water partition coefficient (Wildman–Crippen LogP) is 17.4. The first-order valence-electron chi connectivity index (χ1n) is 24.4. The third-order valence-electron chi connectivity index (χ3n) is 10.5. The molecular weight excluding hydrogens is 807 g/mol. The molecule has 0 atom stereocenters. The molecule has 4 nitrogen and oxygen atoms in total. The van der Waals surface area contributed by atoms with E-state index in [4.69, 9.17) is 6.15 Å². The van der Waals surface area contributed by atoms with Crippen LogP contribution in [0.5, 0.6) is 0 Å². The van der Waals surface area contributed by atoms with Gasteiger partial charge in [0, 0.05) is 0 Å². The van der Waals surface area contributed by atoms with Crippen molar-refractivity contribution in [2.45, 2.75) is 242 Å². The van der Waals surface area contributed by atoms with Gasteiger partial charge in [-0.05, 0) is 25.7 Å². The monoisotopic (exact) mass is 901 g/mol. The Morgan fingerprint density at radius 3 is 1.02 bits per heavy atom. The molecule has 0 saturated carbocycles. The minimum absolute atomic E-state index is 0.106. The van der Waals surface area contributed by atoms with Gasteiger partial charge in [-0.15, -0.1) is 0 Å². The molecule has 0 unspecified atom stereocenters. The van der Waals surface area contributed by atoms with Gasteiger partial charge in [0.1, 0.15) is 0 Å². The second-order valence-electron chi connectivity index (χ2n) is 16.1. The van der Waals surface area contributed by atoms with Gasteiger partial charge in [0.15, 0.2) is 0 Å². The van der Waals surface area contributed by atoms with Gasteiger partial charge in [0.2, 0.25) is 0 Å². The molecule has 5 heteroatoms. The zero-order valence-electron chi connectivity index (χ0n) is 38.1. The van der Waals surface area contributed by atoms with E-state index in [0.29, 0.717) is 12.8 Å². The Balaban J connectivity index is 4.94. The summed E-state index contributed by atoms with van der Waals surface area (Å²) < 4.78 is 14.7. The number of unbranched alkanes of at least 4 members (excludes halogenated alkanes) is 20. The summed E-state index contributed by atoms with van der Waals surface area (Å²) in [6.07, 6.45) is 61.6. The van der Waals surface area contributed by atoms with Crippen LogP contribution in [0.2, 0.25) is 8.87 Å². The number of hydrogen-bond acceptors (Lipinski definition) is 4. The van der Waals surface area contributed by atoms with Crippen molar-refractivity contribution in [1.29, 1.82) is 0 Å². The van der Waals surface area contributed by atoms with Crippen molar-refractivity contribution in [3.8, 4) is 0 Å². The summed E-state index contributed by atoms with van der Waals surface area (Å²) in [5.74, 6) is -0.211. The standard InChI is InChI=1S/2C18H30O2.2C8H17.Sn/c2*1-2-3-4-5-6-7-8-9-10-11-12-13-14-15-16-17-18(19)20;2*1-3-5-7-8-6-4-2;/h2*3-4,6-7,9-10H,2,5,8,11-17H2,1H3,(H,19,20);2*1,3-8H2,2H3;/q;;;;+2/p-2/b2*4-3-,7-6-,10-9-;;;. The van der Waals surface area contributed by atoms with E-state index in [0.717, 1.165) is 124 Å². The first kappa shape index (κ1) is 55.2. The first-order chi connectivity index (χ1) is 28.0. The molecule has 0 aliphatic heterocycles. The van der Waals surface area contributed by atoms with E-state index in [1.807, 2.05) is 0 Å². The van der Waals surface area contributed by atoms with E-state index < -0.39 is 19.2 Å². The van der Waals surface area contributed by atoms with Gasteiger partial charge in [0.25, 0.3) is 0 Å². The van der Waals surface area contributed by atoms with Crippen LogP contribution in [0.25, 0.3) is 0 Å². The SMILES string of the molecule is CC/C=C\C/C=C\C/C=C\CCCCCCCC(=O)[O][Sn]([CH2]CCCCCCC)([CH2]CCCCCCC)[O]C(=O)CCCCCCC/C=C\C/C=C\C/C=C\CC. The smallest absolute Gasteiger partial charge is 0.0885 e. The Hall–Kier alpha value is -1.82. The second-order valence-corrected chi connectivity index (χ2v) is 25.3. The van der Waals surface area contributed by atoms with Crippen molar-refractivity contribution >= 4 is 31.1 Å². The number of carbonyl (C=O) groups excluding carboxylic acids is 2. The molecule has 57 heavy (non-hydrogen) atoms. The fourth-order valence-corrected chi connectivity index (χ4v) is 16.4. The van der Waals surface area contributed by atoms with Crippen molar-refractivity contribution in [3.05, 3.63) is 72.9 Å². The molecule has 0 bridgehead atoms. The summed E-state index contributed by atoms with van der Waals surface area (Å²) in [6, 6.07) is 0. The van der Waals surface area contributed by atoms with E-state index in [-0.39, 0.29) is 11.9 Å². The van der Waals surface area contributed by atoms with Crippen LogP contribution in [0.1, 0.15) is 233 Å². The van der Waals surface area contributed by atoms with Crippen molar-refractivity contribution in [3.63, 3.8) is 0 Å². The normalized spacial score (nSPS) is 12.6. The molecule has 0 aromatic carbocycles. The number of allylic oxidation sites excluding steroid dienone is 12. The third kappa shape index (κ3) is 40.7. The molecule has 0 spiro atoms. The van der Waals surface area contributed by atoms with Crippen molar-refractivity contribution in [2.75, 3.05) is 0 Å². The van der Waals surface area contributed by atoms with Crippen LogP contribution < -0.4 is 0 Å². The maximum absolute atomic E-state index is 13.4. The molecular formula is C52H92O4Sn. The Kier molecular flexibility index (Phi) is 43.8. The molecule has 0 aliphatic rings. The second kappa shape index (κ2) is 45.3. The minimum Gasteiger partial charge on any atom is -0.0885 e. The first-order valence-corrected chi connectivity index (χ1v) is 30.7. The molecule has 328 valence electrons. The van der Waals surface area contributed by atoms with Gasteiger partial charge in [0.05, 0.1) is 0 Å². The summed E-state index contributed by atoms with van der Waals surface area (Å²) in [7, 11) is 0. The van der Waals surface area contributed by atoms with E-state index >= 15 is 0 Å². The van der Waals surface area contributed by atoms with Crippen LogP contribution in [0.4, 0.5) is 0 Å². The van der Waals surface area contributed by atoms with Crippen LogP contribution >= 0.6 is 0 Å². The number of carbonyl (C=O) groups is 2. The van der Waals surface area contributed by atoms with Crippen molar-refractivity contribution < 1.29 is 15.7 Å². The molecule has 0 amide bonds. The molecule has 0 rings (SSSR count). The summed E-state index contributed by atoms with van der Waals surface area (Å²) in [4.78, 5) is 26.9. The Bertz CT molecular complexity index is 984. The van der Waals surface area contributed by atoms with Crippen LogP contribution in [0.3, 0.4) is 0 Å². The Morgan fingerprint density at radius 1 is 0.351 bits per heavy atom. The van der Waals surface area contributed by atoms with E-state index in [1.54, 1.807) is 0 Å². The molecule has 0 heterocycles. The van der Waals surface area contributed by atoms with Gasteiger partial charge in [-0.25, -0.2) is 0 Å². The van der Waals surface area contributed by atoms with E-state index in [2.05, 4.69) is 101 Å². The van der Waals surface area contributed by atoms with Gasteiger partial charge in [-0.3, -0.25) is 0 Å². The van der Waals surface area contributed by atoms with Gasteiger partial charge in [-0.1, -0.05) is 62.5 Å². The summed E-state index contributed by atoms with van der Waals surface area (Å²) >= 11 is -3.97. The van der Waals surface area contributed by atoms with Gasteiger partial charge >= 0.3 is 274 Å². The van der Waals surface area contributed by atoms with Crippen LogP contribution in [-0.2, 0) is 15.7 Å². The topological polar surface area (TPSA) is 52.6 Å². The van der Waals surface area contributed by atoms with Gasteiger partial charge in [-0.2, -0.15) is 0 Å². The average Bonchev–Trinajstić information content (AvgIpc) is 3.20. The van der Waals surface area contributed by atoms with Crippen LogP contribution in [-0.4, -0.2) is 31.1 Å². The number of hydrogen-bond donors (Lipinski definition) is 0. The molecule has 0 aliphatic carbocycles. The predicted molar refractivity (Wildman–Crippen MR) is 253 cm³/mol. The Labute approximate surface area is 359 Å². The fraction of sp³-hybridized carbons (Fsp3) is 0.731. The summed E-state index contributed by atoms with van der Waals surface area (Å²) in [6.45, 7) is 8.83.